The van der Waals surface area contributed by atoms with Gasteiger partial charge in [-0.2, -0.15) is 0 Å². The van der Waals surface area contributed by atoms with Crippen LogP contribution in [-0.4, -0.2) is 32.6 Å². The van der Waals surface area contributed by atoms with Crippen molar-refractivity contribution in [3.05, 3.63) is 53.1 Å². The number of hydrogen-bond acceptors (Lipinski definition) is 6. The molecule has 0 radical (unpaired) electrons. The summed E-state index contributed by atoms with van der Waals surface area (Å²) in [5.41, 5.74) is 2.37. The van der Waals surface area contributed by atoms with E-state index in [1.54, 1.807) is 44.6 Å². The number of ether oxygens (including phenoxy) is 4. The molecule has 0 saturated carbocycles. The number of hydrogen-bond donors (Lipinski definition) is 0. The van der Waals surface area contributed by atoms with E-state index in [9.17, 15) is 9.59 Å². The Morgan fingerprint density at radius 2 is 1.59 bits per heavy atom. The predicted molar refractivity (Wildman–Crippen MR) is 101 cm³/mol. The molecule has 6 nitrogen and oxygen atoms in total. The Morgan fingerprint density at radius 1 is 0.963 bits per heavy atom. The zero-order valence-electron chi connectivity index (χ0n) is 16.0. The van der Waals surface area contributed by atoms with Gasteiger partial charge in [-0.05, 0) is 54.4 Å². The first-order chi connectivity index (χ1) is 13.0. The molecule has 2 aromatic rings. The standard InChI is InChI=1S/C21H24O6/c1-5-18(22)15-6-8-17(9-7-15)26-13-21(23)27-12-16-11-20(25-4)19(24-3)10-14(16)2/h6-11H,5,12-13H2,1-4H3. The van der Waals surface area contributed by atoms with Gasteiger partial charge in [0.2, 0.25) is 0 Å². The number of carbonyl (C=O) groups is 2. The molecule has 0 bridgehead atoms. The molecule has 27 heavy (non-hydrogen) atoms. The lowest BCUT2D eigenvalue weighted by molar-refractivity contribution is -0.147. The largest absolute Gasteiger partial charge is 0.493 e. The van der Waals surface area contributed by atoms with E-state index >= 15 is 0 Å². The first kappa shape index (κ1) is 20.3. The number of methoxy groups -OCH3 is 2. The number of Topliss-reactive ketones (excluding diaryl/α,β-unsaturated/α-hetero) is 1. The molecule has 6 heteroatoms. The van der Waals surface area contributed by atoms with E-state index < -0.39 is 5.97 Å². The van der Waals surface area contributed by atoms with Gasteiger partial charge in [-0.15, -0.1) is 0 Å². The summed E-state index contributed by atoms with van der Waals surface area (Å²) in [7, 11) is 3.12. The predicted octanol–water partition coefficient (Wildman–Crippen LogP) is 3.73. The van der Waals surface area contributed by atoms with Crippen molar-refractivity contribution in [3.63, 3.8) is 0 Å². The molecule has 0 aliphatic carbocycles. The molecule has 0 amide bonds. The Labute approximate surface area is 159 Å². The first-order valence-corrected chi connectivity index (χ1v) is 8.61. The van der Waals surface area contributed by atoms with E-state index in [1.165, 1.54) is 0 Å². The zero-order valence-corrected chi connectivity index (χ0v) is 16.0. The molecule has 0 aliphatic rings. The maximum atomic E-state index is 11.9. The molecule has 2 rings (SSSR count). The minimum absolute atomic E-state index is 0.0613. The molecule has 2 aromatic carbocycles. The minimum Gasteiger partial charge on any atom is -0.493 e. The Morgan fingerprint density at radius 3 is 2.19 bits per heavy atom. The summed E-state index contributed by atoms with van der Waals surface area (Å²) in [6.07, 6.45) is 0.447. The van der Waals surface area contributed by atoms with Crippen molar-refractivity contribution < 1.29 is 28.5 Å². The van der Waals surface area contributed by atoms with Crippen LogP contribution in [0.3, 0.4) is 0 Å². The second kappa shape index (κ2) is 9.62. The van der Waals surface area contributed by atoms with Crippen LogP contribution in [0.4, 0.5) is 0 Å². The molecule has 0 atom stereocenters. The van der Waals surface area contributed by atoms with Crippen molar-refractivity contribution in [2.45, 2.75) is 26.9 Å². The topological polar surface area (TPSA) is 71.1 Å². The van der Waals surface area contributed by atoms with Gasteiger partial charge in [-0.3, -0.25) is 4.79 Å². The molecular weight excluding hydrogens is 348 g/mol. The lowest BCUT2D eigenvalue weighted by Gasteiger charge is -2.13. The van der Waals surface area contributed by atoms with Crippen LogP contribution >= 0.6 is 0 Å². The van der Waals surface area contributed by atoms with Crippen LogP contribution < -0.4 is 14.2 Å². The first-order valence-electron chi connectivity index (χ1n) is 8.61. The van der Waals surface area contributed by atoms with Crippen LogP contribution in [0.25, 0.3) is 0 Å². The molecule has 144 valence electrons. The van der Waals surface area contributed by atoms with Gasteiger partial charge in [-0.1, -0.05) is 6.92 Å². The van der Waals surface area contributed by atoms with Crippen molar-refractivity contribution in [1.29, 1.82) is 0 Å². The van der Waals surface area contributed by atoms with E-state index in [1.807, 2.05) is 19.9 Å². The third-order valence-electron chi connectivity index (χ3n) is 4.08. The Balaban J connectivity index is 1.88. The molecule has 0 aliphatic heterocycles. The van der Waals surface area contributed by atoms with Gasteiger partial charge in [-0.25, -0.2) is 4.79 Å². The lowest BCUT2D eigenvalue weighted by atomic mass is 10.1. The Kier molecular flexibility index (Phi) is 7.23. The van der Waals surface area contributed by atoms with Gasteiger partial charge in [0.25, 0.3) is 0 Å². The molecule has 0 unspecified atom stereocenters. The fourth-order valence-electron chi connectivity index (χ4n) is 2.46. The SMILES string of the molecule is CCC(=O)c1ccc(OCC(=O)OCc2cc(OC)c(OC)cc2C)cc1. The lowest BCUT2D eigenvalue weighted by Crippen LogP contribution is -2.15. The van der Waals surface area contributed by atoms with Gasteiger partial charge >= 0.3 is 5.97 Å². The van der Waals surface area contributed by atoms with Gasteiger partial charge in [0.05, 0.1) is 14.2 Å². The van der Waals surface area contributed by atoms with E-state index in [2.05, 4.69) is 0 Å². The average Bonchev–Trinajstić information content (AvgIpc) is 2.70. The highest BCUT2D eigenvalue weighted by Crippen LogP contribution is 2.30. The van der Waals surface area contributed by atoms with Crippen LogP contribution in [-0.2, 0) is 16.1 Å². The van der Waals surface area contributed by atoms with Crippen LogP contribution in [0.2, 0.25) is 0 Å². The van der Waals surface area contributed by atoms with Crippen LogP contribution in [0.5, 0.6) is 17.2 Å². The molecule has 0 heterocycles. The molecule has 0 saturated heterocycles. The number of ketones is 1. The summed E-state index contributed by atoms with van der Waals surface area (Å²) in [6.45, 7) is 3.61. The number of rotatable bonds is 9. The summed E-state index contributed by atoms with van der Waals surface area (Å²) >= 11 is 0. The van der Waals surface area contributed by atoms with Gasteiger partial charge in [0, 0.05) is 12.0 Å². The van der Waals surface area contributed by atoms with Crippen molar-refractivity contribution in [1.82, 2.24) is 0 Å². The van der Waals surface area contributed by atoms with E-state index in [-0.39, 0.29) is 19.0 Å². The summed E-state index contributed by atoms with van der Waals surface area (Å²) < 4.78 is 21.2. The van der Waals surface area contributed by atoms with E-state index in [4.69, 9.17) is 18.9 Å². The second-order valence-corrected chi connectivity index (χ2v) is 5.88. The fraction of sp³-hybridized carbons (Fsp3) is 0.333. The summed E-state index contributed by atoms with van der Waals surface area (Å²) in [5.74, 6) is 1.27. The number of esters is 1. The monoisotopic (exact) mass is 372 g/mol. The average molecular weight is 372 g/mol. The third kappa shape index (κ3) is 5.48. The van der Waals surface area contributed by atoms with E-state index in [0.29, 0.717) is 29.2 Å². The Bertz CT molecular complexity index is 795. The summed E-state index contributed by atoms with van der Waals surface area (Å²) in [5, 5.41) is 0. The maximum absolute atomic E-state index is 11.9. The van der Waals surface area contributed by atoms with Gasteiger partial charge in [0.15, 0.2) is 23.9 Å². The molecular formula is C21H24O6. The Hall–Kier alpha value is -3.02. The smallest absolute Gasteiger partial charge is 0.344 e. The summed E-state index contributed by atoms with van der Waals surface area (Å²) in [6, 6.07) is 10.3. The van der Waals surface area contributed by atoms with Crippen molar-refractivity contribution in [2.75, 3.05) is 20.8 Å². The zero-order chi connectivity index (χ0) is 19.8. The van der Waals surface area contributed by atoms with Crippen LogP contribution in [0, 0.1) is 6.92 Å². The minimum atomic E-state index is -0.488. The highest BCUT2D eigenvalue weighted by Gasteiger charge is 2.11. The fourth-order valence-corrected chi connectivity index (χ4v) is 2.46. The third-order valence-corrected chi connectivity index (χ3v) is 4.08. The van der Waals surface area contributed by atoms with E-state index in [0.717, 1.165) is 11.1 Å². The molecule has 0 fully saturated rings. The highest BCUT2D eigenvalue weighted by molar-refractivity contribution is 5.95. The van der Waals surface area contributed by atoms with Crippen molar-refractivity contribution in [3.8, 4) is 17.2 Å². The number of aryl methyl sites for hydroxylation is 1. The van der Waals surface area contributed by atoms with Gasteiger partial charge < -0.3 is 18.9 Å². The molecule has 0 spiro atoms. The highest BCUT2D eigenvalue weighted by atomic mass is 16.6. The summed E-state index contributed by atoms with van der Waals surface area (Å²) in [4.78, 5) is 23.5. The quantitative estimate of drug-likeness (QED) is 0.493. The van der Waals surface area contributed by atoms with Crippen molar-refractivity contribution >= 4 is 11.8 Å². The van der Waals surface area contributed by atoms with Crippen LogP contribution in [0.15, 0.2) is 36.4 Å². The van der Waals surface area contributed by atoms with Crippen molar-refractivity contribution in [2.24, 2.45) is 0 Å². The van der Waals surface area contributed by atoms with Crippen LogP contribution in [0.1, 0.15) is 34.8 Å². The number of carbonyl (C=O) groups excluding carboxylic acids is 2. The van der Waals surface area contributed by atoms with Gasteiger partial charge in [0.1, 0.15) is 12.4 Å². The second-order valence-electron chi connectivity index (χ2n) is 5.88. The molecule has 0 aromatic heterocycles. The normalized spacial score (nSPS) is 10.2. The maximum Gasteiger partial charge on any atom is 0.344 e. The molecule has 0 N–H and O–H groups in total. The number of benzene rings is 2.